The van der Waals surface area contributed by atoms with Crippen LogP contribution >= 0.6 is 12.2 Å². The summed E-state index contributed by atoms with van der Waals surface area (Å²) < 4.78 is 49.1. The molecular weight excluding hydrogens is 502 g/mol. The Morgan fingerprint density at radius 2 is 1.73 bits per heavy atom. The van der Waals surface area contributed by atoms with E-state index in [1.54, 1.807) is 18.2 Å². The fourth-order valence-electron chi connectivity index (χ4n) is 3.70. The number of thiocarbonyl (C=S) groups is 1. The molecule has 10 heteroatoms. The van der Waals surface area contributed by atoms with E-state index in [1.807, 2.05) is 32.0 Å². The molecule has 1 fully saturated rings. The summed E-state index contributed by atoms with van der Waals surface area (Å²) in [4.78, 5) is 14.4. The van der Waals surface area contributed by atoms with Gasteiger partial charge in [-0.05, 0) is 74.4 Å². The van der Waals surface area contributed by atoms with E-state index in [2.05, 4.69) is 5.32 Å². The topological polar surface area (TPSA) is 73.2 Å². The third kappa shape index (κ3) is 6.45. The van der Waals surface area contributed by atoms with Gasteiger partial charge in [-0.25, -0.2) is 8.78 Å². The minimum absolute atomic E-state index is 0.0660. The molecule has 4 rings (SSSR count). The Labute approximate surface area is 218 Å². The number of furan rings is 1. The standard InChI is InChI=1S/C27H26F2N2O5S/c1-3-33-24-9-5-17(13-25(24)34-4-2)11-12-31-26(32)22(30-27(31)37)15-19-7-8-20(36-19)16-35-23-10-6-18(28)14-21(23)29/h5-10,13-15H,3-4,11-12,16H2,1-2H3,(H,30,37)/b22-15+. The molecule has 0 unspecified atom stereocenters. The van der Waals surface area contributed by atoms with Gasteiger partial charge in [0.05, 0.1) is 13.2 Å². The van der Waals surface area contributed by atoms with E-state index in [0.29, 0.717) is 54.3 Å². The van der Waals surface area contributed by atoms with Crippen LogP contribution in [0.3, 0.4) is 0 Å². The Bertz CT molecular complexity index is 1320. The number of benzene rings is 2. The highest BCUT2D eigenvalue weighted by Gasteiger charge is 2.30. The summed E-state index contributed by atoms with van der Waals surface area (Å²) in [6, 6.07) is 12.1. The third-order valence-electron chi connectivity index (χ3n) is 5.43. The molecule has 0 atom stereocenters. The molecule has 37 heavy (non-hydrogen) atoms. The summed E-state index contributed by atoms with van der Waals surface area (Å²) in [5.41, 5.74) is 1.26. The molecule has 7 nitrogen and oxygen atoms in total. The average Bonchev–Trinajstić information content (AvgIpc) is 3.42. The summed E-state index contributed by atoms with van der Waals surface area (Å²) >= 11 is 5.37. The van der Waals surface area contributed by atoms with Gasteiger partial charge in [-0.1, -0.05) is 6.07 Å². The van der Waals surface area contributed by atoms with Gasteiger partial charge in [-0.3, -0.25) is 9.69 Å². The highest BCUT2D eigenvalue weighted by Crippen LogP contribution is 2.29. The molecule has 0 radical (unpaired) electrons. The Kier molecular flexibility index (Phi) is 8.39. The molecule has 0 spiro atoms. The molecule has 2 aromatic carbocycles. The molecule has 194 valence electrons. The highest BCUT2D eigenvalue weighted by molar-refractivity contribution is 7.80. The van der Waals surface area contributed by atoms with Crippen LogP contribution < -0.4 is 19.5 Å². The largest absolute Gasteiger partial charge is 0.490 e. The van der Waals surface area contributed by atoms with Crippen molar-refractivity contribution in [3.8, 4) is 17.2 Å². The zero-order chi connectivity index (χ0) is 26.4. The number of ether oxygens (including phenoxy) is 3. The SMILES string of the molecule is CCOc1ccc(CCN2C(=O)/C(=C\c3ccc(COc4ccc(F)cc4F)o3)NC2=S)cc1OCC. The van der Waals surface area contributed by atoms with Gasteiger partial charge in [0.2, 0.25) is 0 Å². The number of carbonyl (C=O) groups is 1. The number of amides is 1. The van der Waals surface area contributed by atoms with E-state index in [1.165, 1.54) is 11.0 Å². The minimum atomic E-state index is -0.803. The molecule has 0 bridgehead atoms. The molecule has 1 N–H and O–H groups in total. The number of halogens is 2. The van der Waals surface area contributed by atoms with Gasteiger partial charge < -0.3 is 23.9 Å². The zero-order valence-corrected chi connectivity index (χ0v) is 21.2. The second-order valence-electron chi connectivity index (χ2n) is 8.01. The van der Waals surface area contributed by atoms with Crippen molar-refractivity contribution in [1.29, 1.82) is 0 Å². The summed E-state index contributed by atoms with van der Waals surface area (Å²) in [7, 11) is 0. The van der Waals surface area contributed by atoms with Crippen molar-refractivity contribution >= 4 is 29.3 Å². The van der Waals surface area contributed by atoms with Crippen molar-refractivity contribution in [2.45, 2.75) is 26.9 Å². The number of rotatable bonds is 11. The van der Waals surface area contributed by atoms with Crippen LogP contribution in [-0.2, 0) is 17.8 Å². The van der Waals surface area contributed by atoms with E-state index < -0.39 is 11.6 Å². The zero-order valence-electron chi connectivity index (χ0n) is 20.4. The molecule has 2 heterocycles. The van der Waals surface area contributed by atoms with E-state index in [-0.39, 0.29) is 24.0 Å². The fourth-order valence-corrected chi connectivity index (χ4v) is 3.98. The van der Waals surface area contributed by atoms with Gasteiger partial charge >= 0.3 is 0 Å². The Balaban J connectivity index is 1.37. The molecule has 1 aliphatic rings. The molecule has 1 aliphatic heterocycles. The van der Waals surface area contributed by atoms with Crippen molar-refractivity contribution < 1.29 is 32.2 Å². The van der Waals surface area contributed by atoms with Crippen molar-refractivity contribution in [1.82, 2.24) is 10.2 Å². The predicted octanol–water partition coefficient (Wildman–Crippen LogP) is 5.23. The van der Waals surface area contributed by atoms with Gasteiger partial charge in [-0.15, -0.1) is 0 Å². The molecule has 1 saturated heterocycles. The molecule has 3 aromatic rings. The molecule has 0 aliphatic carbocycles. The maximum Gasteiger partial charge on any atom is 0.276 e. The van der Waals surface area contributed by atoms with Crippen LogP contribution in [0.2, 0.25) is 0 Å². The molecule has 1 amide bonds. The van der Waals surface area contributed by atoms with Crippen LogP contribution in [0.4, 0.5) is 8.78 Å². The van der Waals surface area contributed by atoms with E-state index in [9.17, 15) is 13.6 Å². The number of hydrogen-bond donors (Lipinski definition) is 1. The van der Waals surface area contributed by atoms with Gasteiger partial charge in [-0.2, -0.15) is 0 Å². The highest BCUT2D eigenvalue weighted by atomic mass is 32.1. The maximum absolute atomic E-state index is 13.7. The van der Waals surface area contributed by atoms with Crippen LogP contribution in [0, 0.1) is 11.6 Å². The van der Waals surface area contributed by atoms with Gasteiger partial charge in [0.15, 0.2) is 28.2 Å². The average molecular weight is 529 g/mol. The normalized spacial score (nSPS) is 14.3. The van der Waals surface area contributed by atoms with Gasteiger partial charge in [0.25, 0.3) is 5.91 Å². The van der Waals surface area contributed by atoms with Crippen molar-refractivity contribution in [3.63, 3.8) is 0 Å². The molecule has 0 saturated carbocycles. The summed E-state index contributed by atoms with van der Waals surface area (Å²) in [6.07, 6.45) is 2.11. The van der Waals surface area contributed by atoms with E-state index in [0.717, 1.165) is 17.7 Å². The summed E-state index contributed by atoms with van der Waals surface area (Å²) in [5, 5.41) is 3.22. The first-order valence-electron chi connectivity index (χ1n) is 11.8. The summed E-state index contributed by atoms with van der Waals surface area (Å²) in [6.45, 7) is 5.18. The Morgan fingerprint density at radius 3 is 2.49 bits per heavy atom. The molecule has 1 aromatic heterocycles. The second kappa shape index (κ2) is 11.9. The van der Waals surface area contributed by atoms with Gasteiger partial charge in [0.1, 0.15) is 29.6 Å². The lowest BCUT2D eigenvalue weighted by atomic mass is 10.1. The Morgan fingerprint density at radius 1 is 0.973 bits per heavy atom. The first kappa shape index (κ1) is 26.2. The predicted molar refractivity (Wildman–Crippen MR) is 137 cm³/mol. The van der Waals surface area contributed by atoms with Crippen LogP contribution in [-0.4, -0.2) is 35.7 Å². The van der Waals surface area contributed by atoms with Gasteiger partial charge in [0, 0.05) is 18.7 Å². The van der Waals surface area contributed by atoms with Crippen LogP contribution in [0.5, 0.6) is 17.2 Å². The first-order valence-corrected chi connectivity index (χ1v) is 12.2. The molecular formula is C27H26F2N2O5S. The minimum Gasteiger partial charge on any atom is -0.490 e. The van der Waals surface area contributed by atoms with Crippen LogP contribution in [0.1, 0.15) is 30.9 Å². The number of hydrogen-bond acceptors (Lipinski definition) is 6. The third-order valence-corrected chi connectivity index (χ3v) is 5.75. The van der Waals surface area contributed by atoms with E-state index in [4.69, 9.17) is 30.8 Å². The lowest BCUT2D eigenvalue weighted by molar-refractivity contribution is -0.122. The number of nitrogens with one attached hydrogen (secondary N) is 1. The quantitative estimate of drug-likeness (QED) is 0.270. The number of carbonyl (C=O) groups excluding carboxylic acids is 1. The smallest absolute Gasteiger partial charge is 0.276 e. The van der Waals surface area contributed by atoms with E-state index >= 15 is 0 Å². The first-order chi connectivity index (χ1) is 17.9. The summed E-state index contributed by atoms with van der Waals surface area (Å²) in [5.74, 6) is 0.285. The van der Waals surface area contributed by atoms with Crippen LogP contribution in [0.25, 0.3) is 6.08 Å². The Hall–Kier alpha value is -3.92. The van der Waals surface area contributed by atoms with Crippen molar-refractivity contribution in [2.24, 2.45) is 0 Å². The lowest BCUT2D eigenvalue weighted by Crippen LogP contribution is -2.32. The second-order valence-corrected chi connectivity index (χ2v) is 8.40. The number of nitrogens with zero attached hydrogens (tertiary/aromatic N) is 1. The maximum atomic E-state index is 13.7. The van der Waals surface area contributed by atoms with Crippen LogP contribution in [0.15, 0.2) is 58.6 Å². The van der Waals surface area contributed by atoms with Crippen molar-refractivity contribution in [2.75, 3.05) is 19.8 Å². The lowest BCUT2D eigenvalue weighted by Gasteiger charge is -2.15. The van der Waals surface area contributed by atoms with Crippen molar-refractivity contribution in [3.05, 3.63) is 82.9 Å². The monoisotopic (exact) mass is 528 g/mol. The fraction of sp³-hybridized carbons (Fsp3) is 0.259.